The van der Waals surface area contributed by atoms with Gasteiger partial charge in [-0.3, -0.25) is 0 Å². The van der Waals surface area contributed by atoms with Gasteiger partial charge in [-0.15, -0.1) is 4.05 Å². The van der Waals surface area contributed by atoms with E-state index in [1.165, 1.54) is 32.1 Å². The van der Waals surface area contributed by atoms with E-state index in [9.17, 15) is 0 Å². The molecule has 16 heavy (non-hydrogen) atoms. The average molecular weight is 300 g/mol. The van der Waals surface area contributed by atoms with E-state index in [1.54, 1.807) is 0 Å². The summed E-state index contributed by atoms with van der Waals surface area (Å²) in [6, 6.07) is 0. The molecule has 1 saturated carbocycles. The fraction of sp³-hybridized carbons (Fsp3) is 1.00. The van der Waals surface area contributed by atoms with Crippen LogP contribution in [0.1, 0.15) is 59.8 Å². The second-order valence-corrected chi connectivity index (χ2v) is 9.04. The minimum absolute atomic E-state index is 0.0184. The minimum Gasteiger partial charge on any atom is -0.306 e. The van der Waals surface area contributed by atoms with Crippen LogP contribution >= 0.6 is 12.9 Å². The van der Waals surface area contributed by atoms with Crippen LogP contribution in [0.25, 0.3) is 0 Å². The summed E-state index contributed by atoms with van der Waals surface area (Å²) in [4.78, 5) is 0. The Morgan fingerprint density at radius 1 is 1.06 bits per heavy atom. The summed E-state index contributed by atoms with van der Waals surface area (Å²) in [5, 5.41) is 0. The lowest BCUT2D eigenvalue weighted by Gasteiger charge is -2.43. The van der Waals surface area contributed by atoms with Crippen LogP contribution in [0, 0.1) is 23.7 Å². The predicted octanol–water partition coefficient (Wildman–Crippen LogP) is 5.30. The monoisotopic (exact) mass is 298 g/mol. The van der Waals surface area contributed by atoms with Crippen LogP contribution in [0.4, 0.5) is 0 Å². The topological polar surface area (TPSA) is 0 Å². The lowest BCUT2D eigenvalue weighted by atomic mass is 9.70. The van der Waals surface area contributed by atoms with Gasteiger partial charge < -0.3 is 12.9 Å². The molecule has 2 heteroatoms. The molecule has 0 N–H and O–H groups in total. The third-order valence-corrected chi connectivity index (χ3v) is 8.91. The van der Waals surface area contributed by atoms with Crippen LogP contribution < -0.4 is 0 Å². The molecule has 0 aromatic heterocycles. The van der Waals surface area contributed by atoms with Crippen molar-refractivity contribution in [1.29, 1.82) is 0 Å². The Bertz CT molecular complexity index is 177. The van der Waals surface area contributed by atoms with Gasteiger partial charge in [0.05, 0.1) is 0 Å². The van der Waals surface area contributed by atoms with Gasteiger partial charge in [-0.2, -0.15) is 0 Å². The first-order chi connectivity index (χ1) is 7.65. The molecule has 0 spiro atoms. The summed E-state index contributed by atoms with van der Waals surface area (Å²) < 4.78 is 1.07. The summed E-state index contributed by atoms with van der Waals surface area (Å²) in [5.41, 5.74) is 0. The van der Waals surface area contributed by atoms with Crippen LogP contribution in [0.15, 0.2) is 0 Å². The van der Waals surface area contributed by atoms with Crippen molar-refractivity contribution >= 4 is 31.1 Å². The van der Waals surface area contributed by atoms with Crippen molar-refractivity contribution in [2.24, 2.45) is 23.7 Å². The molecule has 0 aromatic carbocycles. The third-order valence-electron chi connectivity index (χ3n) is 5.10. The van der Waals surface area contributed by atoms with Crippen LogP contribution in [-0.4, -0.2) is 18.2 Å². The van der Waals surface area contributed by atoms with Gasteiger partial charge in [0.25, 0.3) is 0 Å². The molecule has 0 saturated heterocycles. The zero-order valence-corrected chi connectivity index (χ0v) is 14.5. The Hall–Kier alpha value is 1.25. The molecule has 0 aliphatic heterocycles. The second-order valence-electron chi connectivity index (χ2n) is 5.85. The Morgan fingerprint density at radius 3 is 1.81 bits per heavy atom. The van der Waals surface area contributed by atoms with Gasteiger partial charge in [0.1, 0.15) is 0 Å². The summed E-state index contributed by atoms with van der Waals surface area (Å²) in [5.74, 6) is 3.95. The van der Waals surface area contributed by atoms with E-state index in [1.807, 2.05) is 0 Å². The predicted molar refractivity (Wildman–Crippen MR) is 78.2 cm³/mol. The highest BCUT2D eigenvalue weighted by Gasteiger charge is 2.37. The maximum absolute atomic E-state index is 3.93. The molecule has 4 unspecified atom stereocenters. The molecule has 1 aliphatic carbocycles. The van der Waals surface area contributed by atoms with Crippen molar-refractivity contribution in [1.82, 2.24) is 0 Å². The summed E-state index contributed by atoms with van der Waals surface area (Å²) >= 11 is 3.91. The number of hydrogen-bond donors (Lipinski definition) is 0. The molecule has 0 aromatic rings. The van der Waals surface area contributed by atoms with E-state index in [0.717, 1.165) is 27.7 Å². The van der Waals surface area contributed by atoms with E-state index in [2.05, 4.69) is 40.6 Å². The molecule has 1 fully saturated rings. The van der Waals surface area contributed by atoms with E-state index >= 15 is 0 Å². The first-order valence-corrected chi connectivity index (χ1v) is 11.9. The maximum atomic E-state index is 3.93. The van der Waals surface area contributed by atoms with Crippen molar-refractivity contribution in [3.63, 3.8) is 0 Å². The first-order valence-electron chi connectivity index (χ1n) is 7.21. The van der Waals surface area contributed by atoms with E-state index in [0.29, 0.717) is 0 Å². The highest BCUT2D eigenvalue weighted by molar-refractivity contribution is 9.23. The quantitative estimate of drug-likeness (QED) is 0.604. The molecule has 4 atom stereocenters. The average Bonchev–Trinajstić information content (AvgIpc) is 2.35. The Kier molecular flexibility index (Phi) is 7.30. The molecule has 92 valence electrons. The number of hydrogen-bond acceptors (Lipinski definition) is 0. The summed E-state index contributed by atoms with van der Waals surface area (Å²) in [6.45, 7) is 9.69. The second kappa shape index (κ2) is 7.63. The van der Waals surface area contributed by atoms with Crippen molar-refractivity contribution in [2.45, 2.75) is 63.8 Å². The SMILES string of the molecule is CCC(C)C1CCCC(C(C)CC)[CH]1[Mg][Br]. The molecule has 1 rings (SSSR count). The normalized spacial score (nSPS) is 34.2. The zero-order valence-electron chi connectivity index (χ0n) is 11.5. The fourth-order valence-electron chi connectivity index (χ4n) is 3.58. The highest BCUT2D eigenvalue weighted by Crippen LogP contribution is 2.47. The number of rotatable bonds is 5. The van der Waals surface area contributed by atoms with Gasteiger partial charge >= 0.3 is 18.2 Å². The van der Waals surface area contributed by atoms with Gasteiger partial charge in [-0.05, 0) is 11.8 Å². The van der Waals surface area contributed by atoms with Crippen LogP contribution in [0.5, 0.6) is 0 Å². The largest absolute Gasteiger partial charge is 0.472 e. The van der Waals surface area contributed by atoms with E-state index < -0.39 is 0 Å². The maximum Gasteiger partial charge on any atom is 0.472 e. The highest BCUT2D eigenvalue weighted by atomic mass is 79.9. The van der Waals surface area contributed by atoms with E-state index in [4.69, 9.17) is 0 Å². The minimum atomic E-state index is -0.0184. The van der Waals surface area contributed by atoms with Crippen molar-refractivity contribution in [3.05, 3.63) is 0 Å². The Morgan fingerprint density at radius 2 is 1.50 bits per heavy atom. The Labute approximate surface area is 118 Å². The third kappa shape index (κ3) is 3.62. The molecular weight excluding hydrogens is 272 g/mol. The summed E-state index contributed by atoms with van der Waals surface area (Å²) in [7, 11) is 0. The Balaban J connectivity index is 2.72. The molecule has 0 heterocycles. The van der Waals surface area contributed by atoms with Gasteiger partial charge in [0.2, 0.25) is 0 Å². The lowest BCUT2D eigenvalue weighted by molar-refractivity contribution is 0.160. The molecular formula is C14H27BrMg. The molecule has 0 bridgehead atoms. The van der Waals surface area contributed by atoms with Crippen LogP contribution in [0.2, 0.25) is 4.05 Å². The fourth-order valence-corrected chi connectivity index (χ4v) is 8.32. The van der Waals surface area contributed by atoms with Gasteiger partial charge in [0.15, 0.2) is 0 Å². The molecule has 0 radical (unpaired) electrons. The van der Waals surface area contributed by atoms with E-state index in [-0.39, 0.29) is 18.2 Å². The van der Waals surface area contributed by atoms with Crippen molar-refractivity contribution in [2.75, 3.05) is 0 Å². The smallest absolute Gasteiger partial charge is 0.306 e. The lowest BCUT2D eigenvalue weighted by Crippen LogP contribution is -2.33. The van der Waals surface area contributed by atoms with Crippen LogP contribution in [-0.2, 0) is 0 Å². The number of halogens is 1. The summed E-state index contributed by atoms with van der Waals surface area (Å²) in [6.07, 6.45) is 7.24. The van der Waals surface area contributed by atoms with Gasteiger partial charge in [-0.25, -0.2) is 0 Å². The standard InChI is InChI=1S/C14H27.BrH.Mg/c1-5-11(3)13-8-7-9-14(10-13)12(4)6-2;;/h10-14H,5-9H2,1-4H3;1H;/q;;+1/p-1. The van der Waals surface area contributed by atoms with Crippen molar-refractivity contribution in [3.8, 4) is 0 Å². The molecule has 1 aliphatic rings. The zero-order chi connectivity index (χ0) is 12.1. The van der Waals surface area contributed by atoms with Gasteiger partial charge in [-0.1, -0.05) is 71.6 Å². The molecule has 0 amide bonds. The van der Waals surface area contributed by atoms with Crippen LogP contribution in [0.3, 0.4) is 0 Å². The van der Waals surface area contributed by atoms with Crippen molar-refractivity contribution < 1.29 is 0 Å². The molecule has 0 nitrogen and oxygen atoms in total. The van der Waals surface area contributed by atoms with Gasteiger partial charge in [0, 0.05) is 0 Å². The first kappa shape index (κ1) is 15.3.